The van der Waals surface area contributed by atoms with E-state index in [0.717, 1.165) is 0 Å². The second kappa shape index (κ2) is 9.56. The first-order valence-corrected chi connectivity index (χ1v) is 12.8. The molecule has 1 aromatic heterocycles. The van der Waals surface area contributed by atoms with E-state index in [9.17, 15) is 26.4 Å². The fraction of sp³-hybridized carbons (Fsp3) is 0.500. The van der Waals surface area contributed by atoms with Crippen LogP contribution in [0.5, 0.6) is 0 Å². The molecule has 34 heavy (non-hydrogen) atoms. The predicted octanol–water partition coefficient (Wildman–Crippen LogP) is 4.83. The zero-order valence-electron chi connectivity index (χ0n) is 19.5. The van der Waals surface area contributed by atoms with Gasteiger partial charge in [0, 0.05) is 24.0 Å². The molecule has 6 nitrogen and oxygen atoms in total. The Kier molecular flexibility index (Phi) is 7.31. The first-order valence-electron chi connectivity index (χ1n) is 11.2. The van der Waals surface area contributed by atoms with Crippen LogP contribution in [0.15, 0.2) is 46.9 Å². The number of hydrogen-bond donors (Lipinski definition) is 1. The lowest BCUT2D eigenvalue weighted by molar-refractivity contribution is -0.135. The van der Waals surface area contributed by atoms with Crippen molar-refractivity contribution >= 4 is 26.8 Å². The smallest absolute Gasteiger partial charge is 0.366 e. The number of primary amides is 1. The van der Waals surface area contributed by atoms with E-state index >= 15 is 0 Å². The first-order chi connectivity index (χ1) is 15.7. The van der Waals surface area contributed by atoms with Crippen molar-refractivity contribution in [3.8, 4) is 0 Å². The second-order valence-corrected chi connectivity index (χ2v) is 11.8. The monoisotopic (exact) mass is 497 g/mol. The van der Waals surface area contributed by atoms with Crippen molar-refractivity contribution in [2.45, 2.75) is 69.5 Å². The molecule has 0 saturated heterocycles. The number of nitrogens with two attached hydrogens (primary N) is 1. The van der Waals surface area contributed by atoms with E-state index in [1.54, 1.807) is 24.3 Å². The molecule has 0 saturated carbocycles. The number of alkyl halides is 3. The lowest BCUT2D eigenvalue weighted by Crippen LogP contribution is -2.19. The van der Waals surface area contributed by atoms with Crippen LogP contribution >= 0.6 is 0 Å². The number of amides is 1. The minimum atomic E-state index is -4.18. The Hall–Kier alpha value is -2.62. The van der Waals surface area contributed by atoms with Crippen LogP contribution in [0.25, 0.3) is 11.0 Å². The van der Waals surface area contributed by atoms with Crippen molar-refractivity contribution in [1.29, 1.82) is 0 Å². The number of carbonyl (C=O) groups excluding carboxylic acids is 1. The molecule has 0 radical (unpaired) electrons. The highest BCUT2D eigenvalue weighted by molar-refractivity contribution is 7.91. The van der Waals surface area contributed by atoms with Crippen LogP contribution in [0, 0.1) is 5.92 Å². The number of aromatic nitrogens is 2. The summed E-state index contributed by atoms with van der Waals surface area (Å²) in [5, 5.41) is 0. The Labute approximate surface area is 197 Å². The number of fused-ring (bicyclic) bond motifs is 1. The van der Waals surface area contributed by atoms with Gasteiger partial charge < -0.3 is 10.3 Å². The van der Waals surface area contributed by atoms with E-state index in [2.05, 4.69) is 4.98 Å². The SMILES string of the molecule is CC(C)(C)c1nc2cc(S(=O)(=O)CC3C=CC(C(N)=O)=CC3)ccc2n1CCCCC(F)(F)F. The van der Waals surface area contributed by atoms with Gasteiger partial charge in [0.25, 0.3) is 0 Å². The van der Waals surface area contributed by atoms with Gasteiger partial charge in [0.1, 0.15) is 5.82 Å². The molecule has 1 aromatic carbocycles. The molecule has 10 heteroatoms. The number of benzene rings is 1. The summed E-state index contributed by atoms with van der Waals surface area (Å²) in [7, 11) is -3.64. The van der Waals surface area contributed by atoms with Crippen molar-refractivity contribution < 1.29 is 26.4 Å². The van der Waals surface area contributed by atoms with Crippen LogP contribution in [0.2, 0.25) is 0 Å². The van der Waals surface area contributed by atoms with Gasteiger partial charge in [-0.05, 0) is 43.4 Å². The number of rotatable bonds is 8. The Morgan fingerprint density at radius 2 is 1.91 bits per heavy atom. The number of aryl methyl sites for hydroxylation is 1. The van der Waals surface area contributed by atoms with Crippen LogP contribution < -0.4 is 5.73 Å². The number of unbranched alkanes of at least 4 members (excludes halogenated alkanes) is 1. The molecular weight excluding hydrogens is 467 g/mol. The van der Waals surface area contributed by atoms with E-state index in [4.69, 9.17) is 5.73 Å². The summed E-state index contributed by atoms with van der Waals surface area (Å²) in [5.41, 5.74) is 6.43. The fourth-order valence-corrected chi connectivity index (χ4v) is 5.62. The molecule has 1 atom stereocenters. The third kappa shape index (κ3) is 6.28. The zero-order valence-corrected chi connectivity index (χ0v) is 20.3. The molecule has 3 rings (SSSR count). The van der Waals surface area contributed by atoms with Gasteiger partial charge in [-0.3, -0.25) is 4.79 Å². The van der Waals surface area contributed by atoms with E-state index in [0.29, 0.717) is 41.8 Å². The summed E-state index contributed by atoms with van der Waals surface area (Å²) >= 11 is 0. The van der Waals surface area contributed by atoms with E-state index < -0.39 is 28.3 Å². The van der Waals surface area contributed by atoms with Gasteiger partial charge in [-0.25, -0.2) is 13.4 Å². The lowest BCUT2D eigenvalue weighted by atomic mass is 9.95. The highest BCUT2D eigenvalue weighted by atomic mass is 32.2. The first kappa shape index (κ1) is 26.0. The summed E-state index contributed by atoms with van der Waals surface area (Å²) in [6.45, 7) is 6.25. The van der Waals surface area contributed by atoms with Crippen LogP contribution in [-0.2, 0) is 26.6 Å². The number of halogens is 3. The van der Waals surface area contributed by atoms with Crippen molar-refractivity contribution in [2.24, 2.45) is 11.7 Å². The quantitative estimate of drug-likeness (QED) is 0.529. The number of carbonyl (C=O) groups is 1. The van der Waals surface area contributed by atoms with Gasteiger partial charge in [-0.1, -0.05) is 39.0 Å². The number of imidazole rings is 1. The average Bonchev–Trinajstić information content (AvgIpc) is 3.09. The molecule has 0 bridgehead atoms. The number of sulfone groups is 1. The molecule has 0 aliphatic heterocycles. The third-order valence-electron chi connectivity index (χ3n) is 5.75. The summed E-state index contributed by atoms with van der Waals surface area (Å²) in [6.07, 6.45) is 0.604. The third-order valence-corrected chi connectivity index (χ3v) is 7.59. The van der Waals surface area contributed by atoms with E-state index in [1.807, 2.05) is 25.3 Å². The van der Waals surface area contributed by atoms with Gasteiger partial charge in [0.05, 0.1) is 21.7 Å². The molecule has 1 amide bonds. The lowest BCUT2D eigenvalue weighted by Gasteiger charge is -2.20. The zero-order chi connectivity index (χ0) is 25.3. The van der Waals surface area contributed by atoms with Crippen LogP contribution in [0.4, 0.5) is 13.2 Å². The second-order valence-electron chi connectivity index (χ2n) is 9.72. The summed E-state index contributed by atoms with van der Waals surface area (Å²) in [6, 6.07) is 4.73. The molecule has 0 spiro atoms. The van der Waals surface area contributed by atoms with Gasteiger partial charge in [-0.15, -0.1) is 0 Å². The van der Waals surface area contributed by atoms with Crippen molar-refractivity contribution in [1.82, 2.24) is 9.55 Å². The predicted molar refractivity (Wildman–Crippen MR) is 125 cm³/mol. The van der Waals surface area contributed by atoms with Gasteiger partial charge in [0.15, 0.2) is 9.84 Å². The largest absolute Gasteiger partial charge is 0.389 e. The minimum Gasteiger partial charge on any atom is -0.366 e. The Morgan fingerprint density at radius 3 is 2.47 bits per heavy atom. The van der Waals surface area contributed by atoms with Crippen molar-refractivity contribution in [3.05, 3.63) is 47.8 Å². The molecule has 186 valence electrons. The van der Waals surface area contributed by atoms with Crippen LogP contribution in [0.3, 0.4) is 0 Å². The molecule has 1 heterocycles. The highest BCUT2D eigenvalue weighted by Crippen LogP contribution is 2.30. The number of allylic oxidation sites excluding steroid dienone is 2. The Balaban J connectivity index is 1.84. The topological polar surface area (TPSA) is 95.1 Å². The molecule has 1 unspecified atom stereocenters. The van der Waals surface area contributed by atoms with Crippen LogP contribution in [-0.4, -0.2) is 35.8 Å². The van der Waals surface area contributed by atoms with E-state index in [-0.39, 0.29) is 28.4 Å². The van der Waals surface area contributed by atoms with Crippen molar-refractivity contribution in [2.75, 3.05) is 5.75 Å². The molecular formula is C24H30F3N3O3S. The van der Waals surface area contributed by atoms with Gasteiger partial charge >= 0.3 is 6.18 Å². The molecule has 1 aliphatic carbocycles. The Bertz CT molecular complexity index is 1240. The fourth-order valence-electron chi connectivity index (χ4n) is 4.05. The number of nitrogens with zero attached hydrogens (tertiary/aromatic N) is 2. The molecule has 2 N–H and O–H groups in total. The molecule has 2 aromatic rings. The number of hydrogen-bond acceptors (Lipinski definition) is 4. The van der Waals surface area contributed by atoms with Crippen LogP contribution in [0.1, 0.15) is 52.3 Å². The van der Waals surface area contributed by atoms with E-state index in [1.165, 1.54) is 12.1 Å². The van der Waals surface area contributed by atoms with Gasteiger partial charge in [0.2, 0.25) is 5.91 Å². The summed E-state index contributed by atoms with van der Waals surface area (Å²) < 4.78 is 65.6. The normalized spacial score (nSPS) is 17.2. The van der Waals surface area contributed by atoms with Crippen molar-refractivity contribution in [3.63, 3.8) is 0 Å². The van der Waals surface area contributed by atoms with Gasteiger partial charge in [-0.2, -0.15) is 13.2 Å². The maximum atomic E-state index is 13.1. The maximum absolute atomic E-state index is 13.1. The molecule has 1 aliphatic rings. The summed E-state index contributed by atoms with van der Waals surface area (Å²) in [5.74, 6) is -0.253. The minimum absolute atomic E-state index is 0.0139. The average molecular weight is 498 g/mol. The highest BCUT2D eigenvalue weighted by Gasteiger charge is 2.28. The standard InChI is InChI=1S/C24H30F3N3O3S/c1-23(2,3)22-29-19-14-18(10-11-20(19)30(22)13-5-4-12-24(25,26)27)34(32,33)15-16-6-8-17(9-7-16)21(28)31/h6,8-11,14,16H,4-5,7,12-13,15H2,1-3H3,(H2,28,31). The Morgan fingerprint density at radius 1 is 1.21 bits per heavy atom. The molecule has 0 fully saturated rings. The maximum Gasteiger partial charge on any atom is 0.389 e. The summed E-state index contributed by atoms with van der Waals surface area (Å²) in [4.78, 5) is 16.0.